The van der Waals surface area contributed by atoms with Crippen LogP contribution in [0.2, 0.25) is 0 Å². The fraction of sp³-hybridized carbons (Fsp3) is 0.895. The molecule has 2 aliphatic heterocycles. The van der Waals surface area contributed by atoms with Gasteiger partial charge < -0.3 is 14.8 Å². The quantitative estimate of drug-likeness (QED) is 0.855. The zero-order valence-electron chi connectivity index (χ0n) is 15.0. The topological polar surface area (TPSA) is 61.2 Å². The molecular formula is C19H30N4O2. The van der Waals surface area contributed by atoms with E-state index in [-0.39, 0.29) is 18.2 Å². The second kappa shape index (κ2) is 6.97. The van der Waals surface area contributed by atoms with Gasteiger partial charge in [-0.2, -0.15) is 0 Å². The summed E-state index contributed by atoms with van der Waals surface area (Å²) in [6.07, 6.45) is 13.1. The number of aromatic nitrogens is 3. The highest BCUT2D eigenvalue weighted by Gasteiger charge is 2.49. The molecule has 2 saturated carbocycles. The molecule has 4 unspecified atom stereocenters. The third kappa shape index (κ3) is 3.49. The molecule has 25 heavy (non-hydrogen) atoms. The van der Waals surface area contributed by atoms with Crippen LogP contribution in [0.4, 0.5) is 0 Å². The molecule has 2 aliphatic carbocycles. The van der Waals surface area contributed by atoms with Gasteiger partial charge in [0, 0.05) is 6.20 Å². The molecule has 6 nitrogen and oxygen atoms in total. The Morgan fingerprint density at radius 2 is 1.84 bits per heavy atom. The summed E-state index contributed by atoms with van der Waals surface area (Å²) < 4.78 is 14.2. The fourth-order valence-corrected chi connectivity index (χ4v) is 4.78. The molecule has 1 aromatic heterocycles. The Labute approximate surface area is 149 Å². The van der Waals surface area contributed by atoms with Crippen molar-refractivity contribution in [1.29, 1.82) is 0 Å². The molecule has 4 fully saturated rings. The number of hydrogen-bond donors (Lipinski definition) is 1. The lowest BCUT2D eigenvalue weighted by Gasteiger charge is -2.20. The normalized spacial score (nSPS) is 36.0. The van der Waals surface area contributed by atoms with E-state index in [9.17, 15) is 0 Å². The fourth-order valence-electron chi connectivity index (χ4n) is 4.78. The van der Waals surface area contributed by atoms with Crippen LogP contribution >= 0.6 is 0 Å². The Balaban J connectivity index is 1.19. The number of hydrogen-bond acceptors (Lipinski definition) is 5. The van der Waals surface area contributed by atoms with E-state index < -0.39 is 0 Å². The maximum atomic E-state index is 6.09. The Morgan fingerprint density at radius 1 is 1.00 bits per heavy atom. The lowest BCUT2D eigenvalue weighted by atomic mass is 9.86. The third-order valence-corrected chi connectivity index (χ3v) is 6.51. The van der Waals surface area contributed by atoms with Gasteiger partial charge in [-0.3, -0.25) is 0 Å². The molecule has 0 bridgehead atoms. The van der Waals surface area contributed by atoms with Crippen LogP contribution in [-0.4, -0.2) is 53.0 Å². The van der Waals surface area contributed by atoms with E-state index in [2.05, 4.69) is 21.8 Å². The summed E-state index contributed by atoms with van der Waals surface area (Å²) in [5.74, 6) is 1.68. The number of nitrogens with zero attached hydrogens (tertiary/aromatic N) is 3. The Morgan fingerprint density at radius 3 is 2.68 bits per heavy atom. The summed E-state index contributed by atoms with van der Waals surface area (Å²) in [6.45, 7) is 2.55. The van der Waals surface area contributed by atoms with Crippen LogP contribution < -0.4 is 5.32 Å². The molecule has 5 rings (SSSR count). The lowest BCUT2D eigenvalue weighted by Crippen LogP contribution is -2.41. The zero-order chi connectivity index (χ0) is 16.6. The average molecular weight is 346 g/mol. The smallest absolute Gasteiger partial charge is 0.110 e. The van der Waals surface area contributed by atoms with E-state index in [1.807, 2.05) is 4.68 Å². The number of nitrogens with one attached hydrogen (secondary N) is 1. The van der Waals surface area contributed by atoms with Gasteiger partial charge in [-0.05, 0) is 37.6 Å². The van der Waals surface area contributed by atoms with Crippen LogP contribution in [0.3, 0.4) is 0 Å². The molecule has 1 N–H and O–H groups in total. The van der Waals surface area contributed by atoms with E-state index in [0.717, 1.165) is 37.1 Å². The average Bonchev–Trinajstić information content (AvgIpc) is 3.03. The standard InChI is InChI=1S/C19H30N4O2/c1-2-4-13(5-3-1)8-15-10-23(22-21-15)17-12-25-18-16(11-24-19(17)18)20-9-14-6-7-14/h10,13-14,16-20H,1-9,11-12H2. The van der Waals surface area contributed by atoms with E-state index in [1.165, 1.54) is 44.9 Å². The highest BCUT2D eigenvalue weighted by Crippen LogP contribution is 2.35. The molecule has 2 saturated heterocycles. The highest BCUT2D eigenvalue weighted by molar-refractivity contribution is 5.03. The maximum absolute atomic E-state index is 6.09. The van der Waals surface area contributed by atoms with E-state index in [1.54, 1.807) is 0 Å². The summed E-state index contributed by atoms with van der Waals surface area (Å²) in [7, 11) is 0. The molecule has 0 amide bonds. The SMILES string of the molecule is c1c(CC2CCCCC2)nnn1C1COC2C(NCC3CC3)COC21. The predicted molar refractivity (Wildman–Crippen MR) is 93.3 cm³/mol. The largest absolute Gasteiger partial charge is 0.371 e. The van der Waals surface area contributed by atoms with Gasteiger partial charge in [0.15, 0.2) is 0 Å². The van der Waals surface area contributed by atoms with Crippen LogP contribution in [0, 0.1) is 11.8 Å². The highest BCUT2D eigenvalue weighted by atomic mass is 16.6. The molecule has 6 heteroatoms. The van der Waals surface area contributed by atoms with Gasteiger partial charge in [-0.25, -0.2) is 4.68 Å². The third-order valence-electron chi connectivity index (χ3n) is 6.51. The van der Waals surface area contributed by atoms with Crippen molar-refractivity contribution in [3.05, 3.63) is 11.9 Å². The van der Waals surface area contributed by atoms with Gasteiger partial charge in [-0.15, -0.1) is 5.10 Å². The summed E-state index contributed by atoms with van der Waals surface area (Å²) in [6, 6.07) is 0.506. The van der Waals surface area contributed by atoms with Gasteiger partial charge >= 0.3 is 0 Å². The predicted octanol–water partition coefficient (Wildman–Crippen LogP) is 2.11. The molecule has 0 radical (unpaired) electrons. The van der Waals surface area contributed by atoms with Crippen LogP contribution in [0.15, 0.2) is 6.20 Å². The molecular weight excluding hydrogens is 316 g/mol. The van der Waals surface area contributed by atoms with E-state index in [4.69, 9.17) is 9.47 Å². The van der Waals surface area contributed by atoms with Crippen LogP contribution in [0.1, 0.15) is 56.7 Å². The first kappa shape index (κ1) is 16.2. The second-order valence-corrected chi connectivity index (χ2v) is 8.52. The van der Waals surface area contributed by atoms with Crippen LogP contribution in [0.25, 0.3) is 0 Å². The molecule has 3 heterocycles. The maximum Gasteiger partial charge on any atom is 0.110 e. The summed E-state index contributed by atoms with van der Waals surface area (Å²) >= 11 is 0. The molecule has 0 spiro atoms. The van der Waals surface area contributed by atoms with E-state index in [0.29, 0.717) is 12.6 Å². The monoisotopic (exact) mass is 346 g/mol. The first-order valence-electron chi connectivity index (χ1n) is 10.2. The van der Waals surface area contributed by atoms with Crippen molar-refractivity contribution < 1.29 is 9.47 Å². The molecule has 4 aliphatic rings. The summed E-state index contributed by atoms with van der Waals surface area (Å²) in [5.41, 5.74) is 1.14. The van der Waals surface area contributed by atoms with Crippen LogP contribution in [0.5, 0.6) is 0 Å². The minimum Gasteiger partial charge on any atom is -0.371 e. The second-order valence-electron chi connectivity index (χ2n) is 8.52. The van der Waals surface area contributed by atoms with Gasteiger partial charge in [0.1, 0.15) is 18.2 Å². The number of rotatable bonds is 6. The number of fused-ring (bicyclic) bond motifs is 1. The molecule has 1 aromatic rings. The molecule has 138 valence electrons. The Bertz CT molecular complexity index is 582. The van der Waals surface area contributed by atoms with E-state index >= 15 is 0 Å². The van der Waals surface area contributed by atoms with Crippen molar-refractivity contribution in [2.45, 2.75) is 75.7 Å². The Kier molecular flexibility index (Phi) is 4.52. The first-order valence-corrected chi connectivity index (χ1v) is 10.2. The van der Waals surface area contributed by atoms with Crippen molar-refractivity contribution in [2.75, 3.05) is 19.8 Å². The summed E-state index contributed by atoms with van der Waals surface area (Å²) in [4.78, 5) is 0. The Hall–Kier alpha value is -0.980. The van der Waals surface area contributed by atoms with Crippen LogP contribution in [-0.2, 0) is 15.9 Å². The van der Waals surface area contributed by atoms with Crippen molar-refractivity contribution in [1.82, 2.24) is 20.3 Å². The van der Waals surface area contributed by atoms with Gasteiger partial charge in [0.05, 0.1) is 24.9 Å². The van der Waals surface area contributed by atoms with Gasteiger partial charge in [-0.1, -0.05) is 37.3 Å². The van der Waals surface area contributed by atoms with Crippen molar-refractivity contribution >= 4 is 0 Å². The zero-order valence-corrected chi connectivity index (χ0v) is 15.0. The van der Waals surface area contributed by atoms with Crippen molar-refractivity contribution in [2.24, 2.45) is 11.8 Å². The lowest BCUT2D eigenvalue weighted by molar-refractivity contribution is 0.0620. The van der Waals surface area contributed by atoms with Crippen molar-refractivity contribution in [3.63, 3.8) is 0 Å². The molecule has 4 atom stereocenters. The molecule has 0 aromatic carbocycles. The minimum atomic E-state index is 0.112. The number of ether oxygens (including phenoxy) is 2. The summed E-state index contributed by atoms with van der Waals surface area (Å²) in [5, 5.41) is 12.5. The van der Waals surface area contributed by atoms with Crippen molar-refractivity contribution in [3.8, 4) is 0 Å². The van der Waals surface area contributed by atoms with Gasteiger partial charge in [0.2, 0.25) is 0 Å². The van der Waals surface area contributed by atoms with Gasteiger partial charge in [0.25, 0.3) is 0 Å². The first-order chi connectivity index (χ1) is 12.4. The minimum absolute atomic E-state index is 0.112.